The minimum atomic E-state index is -0.632. The lowest BCUT2D eigenvalue weighted by atomic mass is 10.1. The van der Waals surface area contributed by atoms with Gasteiger partial charge in [-0.1, -0.05) is 6.07 Å². The smallest absolute Gasteiger partial charge is 0.224 e. The van der Waals surface area contributed by atoms with Crippen LogP contribution < -0.4 is 5.32 Å². The van der Waals surface area contributed by atoms with Crippen molar-refractivity contribution in [3.05, 3.63) is 65.2 Å². The molecule has 1 aliphatic rings. The van der Waals surface area contributed by atoms with E-state index in [1.165, 1.54) is 30.5 Å². The molecular formula is C17H15F3N2O. The maximum atomic E-state index is 13.7. The zero-order valence-electron chi connectivity index (χ0n) is 12.4. The maximum absolute atomic E-state index is 13.7. The monoisotopic (exact) mass is 320 g/mol. The molecule has 6 heteroatoms. The summed E-state index contributed by atoms with van der Waals surface area (Å²) < 4.78 is 40.6. The first-order chi connectivity index (χ1) is 11.0. The van der Waals surface area contributed by atoms with Crippen molar-refractivity contribution in [1.82, 2.24) is 10.3 Å². The lowest BCUT2D eigenvalue weighted by Gasteiger charge is -2.14. The highest BCUT2D eigenvalue weighted by Gasteiger charge is 2.46. The molecule has 1 saturated carbocycles. The fourth-order valence-electron chi connectivity index (χ4n) is 2.74. The van der Waals surface area contributed by atoms with Gasteiger partial charge in [0.25, 0.3) is 0 Å². The van der Waals surface area contributed by atoms with Gasteiger partial charge in [-0.25, -0.2) is 13.2 Å². The molecule has 0 radical (unpaired) electrons. The largest absolute Gasteiger partial charge is 0.349 e. The van der Waals surface area contributed by atoms with Crippen molar-refractivity contribution in [1.29, 1.82) is 0 Å². The van der Waals surface area contributed by atoms with Crippen molar-refractivity contribution in [3.63, 3.8) is 0 Å². The Hall–Kier alpha value is -2.37. The molecule has 1 amide bonds. The minimum absolute atomic E-state index is 0.0345. The first-order valence-corrected chi connectivity index (χ1v) is 7.32. The van der Waals surface area contributed by atoms with Crippen LogP contribution in [-0.2, 0) is 4.79 Å². The normalized spacial score (nSPS) is 20.9. The number of benzene rings is 1. The van der Waals surface area contributed by atoms with Crippen molar-refractivity contribution in [2.75, 3.05) is 0 Å². The van der Waals surface area contributed by atoms with Crippen LogP contribution in [0.15, 0.2) is 36.7 Å². The number of amides is 1. The van der Waals surface area contributed by atoms with Gasteiger partial charge in [-0.2, -0.15) is 0 Å². The molecule has 3 rings (SSSR count). The van der Waals surface area contributed by atoms with E-state index < -0.39 is 35.3 Å². The van der Waals surface area contributed by atoms with E-state index in [1.807, 2.05) is 0 Å². The first kappa shape index (κ1) is 15.5. The SMILES string of the molecule is C[C@H](NC(=O)[C@H]1C[C@@H]1c1c(F)cccc1F)c1cncc(F)c1. The Morgan fingerprint density at radius 1 is 1.26 bits per heavy atom. The third-order valence-electron chi connectivity index (χ3n) is 4.08. The van der Waals surface area contributed by atoms with E-state index >= 15 is 0 Å². The minimum Gasteiger partial charge on any atom is -0.349 e. The molecule has 0 bridgehead atoms. The quantitative estimate of drug-likeness (QED) is 0.937. The van der Waals surface area contributed by atoms with Crippen LogP contribution in [0.4, 0.5) is 13.2 Å². The standard InChI is InChI=1S/C17H15F3N2O/c1-9(10-5-11(18)8-21-7-10)22-17(23)13-6-12(13)16-14(19)3-2-4-15(16)20/h2-5,7-9,12-13H,6H2,1H3,(H,22,23)/t9-,12-,13-/m0/s1. The van der Waals surface area contributed by atoms with Crippen molar-refractivity contribution < 1.29 is 18.0 Å². The Morgan fingerprint density at radius 3 is 2.61 bits per heavy atom. The second kappa shape index (κ2) is 6.02. The summed E-state index contributed by atoms with van der Waals surface area (Å²) in [5, 5.41) is 2.73. The van der Waals surface area contributed by atoms with Crippen molar-refractivity contribution >= 4 is 5.91 Å². The summed E-state index contributed by atoms with van der Waals surface area (Å²) >= 11 is 0. The van der Waals surface area contributed by atoms with Crippen LogP contribution in [-0.4, -0.2) is 10.9 Å². The third kappa shape index (κ3) is 3.21. The number of rotatable bonds is 4. The number of carbonyl (C=O) groups is 1. The zero-order valence-corrected chi connectivity index (χ0v) is 12.4. The van der Waals surface area contributed by atoms with E-state index in [2.05, 4.69) is 10.3 Å². The Kier molecular flexibility index (Phi) is 4.07. The van der Waals surface area contributed by atoms with E-state index in [0.29, 0.717) is 12.0 Å². The van der Waals surface area contributed by atoms with Gasteiger partial charge in [0.05, 0.1) is 12.2 Å². The number of carbonyl (C=O) groups excluding carboxylic acids is 1. The molecule has 1 fully saturated rings. The maximum Gasteiger partial charge on any atom is 0.224 e. The van der Waals surface area contributed by atoms with E-state index in [-0.39, 0.29) is 11.5 Å². The van der Waals surface area contributed by atoms with Crippen LogP contribution in [0.2, 0.25) is 0 Å². The summed E-state index contributed by atoms with van der Waals surface area (Å²) in [5.41, 5.74) is 0.500. The van der Waals surface area contributed by atoms with E-state index in [0.717, 1.165) is 6.20 Å². The molecule has 3 atom stereocenters. The number of aromatic nitrogens is 1. The Morgan fingerprint density at radius 2 is 1.96 bits per heavy atom. The molecular weight excluding hydrogens is 305 g/mol. The van der Waals surface area contributed by atoms with Crippen LogP contribution in [0, 0.1) is 23.4 Å². The van der Waals surface area contributed by atoms with Gasteiger partial charge >= 0.3 is 0 Å². The molecule has 1 N–H and O–H groups in total. The highest BCUT2D eigenvalue weighted by molar-refractivity contribution is 5.83. The van der Waals surface area contributed by atoms with E-state index in [4.69, 9.17) is 0 Å². The number of nitrogens with zero attached hydrogens (tertiary/aromatic N) is 1. The zero-order chi connectivity index (χ0) is 16.6. The van der Waals surface area contributed by atoms with Gasteiger partial charge < -0.3 is 5.32 Å². The van der Waals surface area contributed by atoms with Gasteiger partial charge in [-0.15, -0.1) is 0 Å². The van der Waals surface area contributed by atoms with Crippen molar-refractivity contribution in [2.45, 2.75) is 25.3 Å². The van der Waals surface area contributed by atoms with E-state index in [1.54, 1.807) is 6.92 Å². The molecule has 1 heterocycles. The summed E-state index contributed by atoms with van der Waals surface area (Å²) in [4.78, 5) is 15.9. The average molecular weight is 320 g/mol. The highest BCUT2D eigenvalue weighted by Crippen LogP contribution is 2.49. The lowest BCUT2D eigenvalue weighted by molar-refractivity contribution is -0.123. The molecule has 3 nitrogen and oxygen atoms in total. The highest BCUT2D eigenvalue weighted by atomic mass is 19.1. The first-order valence-electron chi connectivity index (χ1n) is 7.32. The molecule has 1 aliphatic carbocycles. The molecule has 120 valence electrons. The average Bonchev–Trinajstić information content (AvgIpc) is 3.27. The van der Waals surface area contributed by atoms with Gasteiger partial charge in [-0.05, 0) is 37.1 Å². The Bertz CT molecular complexity index is 730. The van der Waals surface area contributed by atoms with Crippen molar-refractivity contribution in [2.24, 2.45) is 5.92 Å². The summed E-state index contributed by atoms with van der Waals surface area (Å²) in [5.74, 6) is -2.96. The van der Waals surface area contributed by atoms with Gasteiger partial charge in [0.15, 0.2) is 0 Å². The molecule has 1 aromatic carbocycles. The number of hydrogen-bond donors (Lipinski definition) is 1. The Balaban J connectivity index is 1.67. The molecule has 0 unspecified atom stereocenters. The third-order valence-corrected chi connectivity index (χ3v) is 4.08. The Labute approximate surface area is 131 Å². The molecule has 23 heavy (non-hydrogen) atoms. The number of pyridine rings is 1. The second-order valence-corrected chi connectivity index (χ2v) is 5.75. The fourth-order valence-corrected chi connectivity index (χ4v) is 2.74. The summed E-state index contributed by atoms with van der Waals surface area (Å²) in [6.45, 7) is 1.70. The second-order valence-electron chi connectivity index (χ2n) is 5.75. The molecule has 0 aliphatic heterocycles. The number of nitrogens with one attached hydrogen (secondary N) is 1. The summed E-state index contributed by atoms with van der Waals surface area (Å²) in [6, 6.07) is 4.53. The molecule has 1 aromatic heterocycles. The fraction of sp³-hybridized carbons (Fsp3) is 0.294. The van der Waals surface area contributed by atoms with Crippen LogP contribution >= 0.6 is 0 Å². The van der Waals surface area contributed by atoms with Gasteiger partial charge in [0.2, 0.25) is 5.91 Å². The number of halogens is 3. The predicted octanol–water partition coefficient (Wildman–Crippen LogP) is 3.48. The molecule has 0 saturated heterocycles. The topological polar surface area (TPSA) is 42.0 Å². The van der Waals surface area contributed by atoms with Crippen LogP contribution in [0.1, 0.15) is 36.4 Å². The van der Waals surface area contributed by atoms with Gasteiger partial charge in [0, 0.05) is 23.6 Å². The van der Waals surface area contributed by atoms with E-state index in [9.17, 15) is 18.0 Å². The summed E-state index contributed by atoms with van der Waals surface area (Å²) in [6.07, 6.45) is 2.95. The molecule has 2 aromatic rings. The van der Waals surface area contributed by atoms with Gasteiger partial charge in [-0.3, -0.25) is 9.78 Å². The van der Waals surface area contributed by atoms with Crippen LogP contribution in [0.5, 0.6) is 0 Å². The lowest BCUT2D eigenvalue weighted by Crippen LogP contribution is -2.28. The van der Waals surface area contributed by atoms with Crippen LogP contribution in [0.3, 0.4) is 0 Å². The summed E-state index contributed by atoms with van der Waals surface area (Å²) in [7, 11) is 0. The van der Waals surface area contributed by atoms with Gasteiger partial charge in [0.1, 0.15) is 17.5 Å². The van der Waals surface area contributed by atoms with Crippen molar-refractivity contribution in [3.8, 4) is 0 Å². The van der Waals surface area contributed by atoms with Crippen LogP contribution in [0.25, 0.3) is 0 Å². The predicted molar refractivity (Wildman–Crippen MR) is 78.0 cm³/mol. The molecule has 0 spiro atoms. The number of hydrogen-bond acceptors (Lipinski definition) is 2.